The fraction of sp³-hybridized carbons (Fsp3) is 0.286. The van der Waals surface area contributed by atoms with Crippen molar-refractivity contribution >= 4 is 33.4 Å². The number of imidazole rings is 1. The van der Waals surface area contributed by atoms with E-state index >= 15 is 0 Å². The second-order valence-corrected chi connectivity index (χ2v) is 7.23. The van der Waals surface area contributed by atoms with Crippen LogP contribution in [0.5, 0.6) is 0 Å². The molecular weight excluding hydrogens is 379 g/mol. The monoisotopic (exact) mass is 397 g/mol. The summed E-state index contributed by atoms with van der Waals surface area (Å²) in [7, 11) is 0. The first-order valence-electron chi connectivity index (χ1n) is 9.59. The van der Waals surface area contributed by atoms with Crippen LogP contribution in [0.3, 0.4) is 0 Å². The molecule has 0 spiro atoms. The molecular formula is C21H18F3N5. The van der Waals surface area contributed by atoms with Crippen LogP contribution in [0.4, 0.5) is 24.7 Å². The Morgan fingerprint density at radius 2 is 1.76 bits per heavy atom. The van der Waals surface area contributed by atoms with Crippen LogP contribution in [0.2, 0.25) is 0 Å². The summed E-state index contributed by atoms with van der Waals surface area (Å²) >= 11 is 0. The molecule has 0 saturated carbocycles. The van der Waals surface area contributed by atoms with Crippen LogP contribution in [0.25, 0.3) is 21.9 Å². The number of nitrogens with one attached hydrogen (secondary N) is 1. The number of fused-ring (bicyclic) bond motifs is 4. The van der Waals surface area contributed by atoms with E-state index in [4.69, 9.17) is 4.98 Å². The fourth-order valence-electron chi connectivity index (χ4n) is 3.86. The predicted molar refractivity (Wildman–Crippen MR) is 105 cm³/mol. The molecule has 4 aromatic rings. The van der Waals surface area contributed by atoms with Crippen molar-refractivity contribution in [1.29, 1.82) is 0 Å². The molecule has 2 aromatic carbocycles. The van der Waals surface area contributed by atoms with Crippen LogP contribution in [-0.2, 0) is 19.1 Å². The number of nitrogens with zero attached hydrogens (tertiary/aromatic N) is 4. The van der Waals surface area contributed by atoms with Crippen molar-refractivity contribution in [1.82, 2.24) is 19.5 Å². The van der Waals surface area contributed by atoms with Crippen LogP contribution >= 0.6 is 0 Å². The van der Waals surface area contributed by atoms with Gasteiger partial charge in [0.05, 0.1) is 16.6 Å². The van der Waals surface area contributed by atoms with Crippen LogP contribution < -0.4 is 5.32 Å². The minimum atomic E-state index is -4.62. The van der Waals surface area contributed by atoms with E-state index in [-0.39, 0.29) is 11.3 Å². The van der Waals surface area contributed by atoms with Crippen LogP contribution in [0, 0.1) is 0 Å². The Balaban J connectivity index is 1.57. The lowest BCUT2D eigenvalue weighted by Crippen LogP contribution is -2.12. The average Bonchev–Trinajstić information content (AvgIpc) is 2.87. The Bertz CT molecular complexity index is 1210. The number of hydrogen-bond donors (Lipinski definition) is 1. The van der Waals surface area contributed by atoms with Gasteiger partial charge in [0.1, 0.15) is 11.6 Å². The maximum atomic E-state index is 13.2. The molecule has 0 unspecified atom stereocenters. The highest BCUT2D eigenvalue weighted by molar-refractivity contribution is 5.91. The molecule has 0 fully saturated rings. The Hall–Kier alpha value is -3.16. The minimum absolute atomic E-state index is 0.128. The van der Waals surface area contributed by atoms with Gasteiger partial charge in [0.15, 0.2) is 0 Å². The summed E-state index contributed by atoms with van der Waals surface area (Å²) in [6.45, 7) is 0.949. The molecule has 0 amide bonds. The summed E-state index contributed by atoms with van der Waals surface area (Å²) in [6.07, 6.45) is -0.214. The predicted octanol–water partition coefficient (Wildman–Crippen LogP) is 5.47. The van der Waals surface area contributed by atoms with Crippen molar-refractivity contribution in [2.45, 2.75) is 38.4 Å². The molecule has 1 aliphatic heterocycles. The highest BCUT2D eigenvalue weighted by Crippen LogP contribution is 2.32. The van der Waals surface area contributed by atoms with Gasteiger partial charge >= 0.3 is 6.18 Å². The number of aryl methyl sites for hydroxylation is 2. The summed E-state index contributed by atoms with van der Waals surface area (Å²) in [4.78, 5) is 12.2. The standard InChI is InChI=1S/C21H18F3N5/c22-21(23,24)20-27-15-7-4-3-6-14(15)19(28-20)25-13-9-10-17-16(12-13)26-18-8-2-1-5-11-29(17)18/h3-4,6-7,9-10,12H,1-2,5,8,11H2,(H,25,27,28). The van der Waals surface area contributed by atoms with Gasteiger partial charge in [-0.15, -0.1) is 0 Å². The zero-order chi connectivity index (χ0) is 20.0. The zero-order valence-corrected chi connectivity index (χ0v) is 15.5. The maximum Gasteiger partial charge on any atom is 0.451 e. The van der Waals surface area contributed by atoms with Gasteiger partial charge < -0.3 is 9.88 Å². The van der Waals surface area contributed by atoms with E-state index in [1.165, 1.54) is 6.42 Å². The summed E-state index contributed by atoms with van der Waals surface area (Å²) in [5, 5.41) is 3.57. The fourth-order valence-corrected chi connectivity index (χ4v) is 3.86. The van der Waals surface area contributed by atoms with E-state index < -0.39 is 12.0 Å². The van der Waals surface area contributed by atoms with Crippen molar-refractivity contribution in [3.8, 4) is 0 Å². The number of anilines is 2. The summed E-state index contributed by atoms with van der Waals surface area (Å²) in [5.41, 5.74) is 2.77. The van der Waals surface area contributed by atoms with Crippen molar-refractivity contribution in [2.75, 3.05) is 5.32 Å². The molecule has 5 nitrogen and oxygen atoms in total. The molecule has 0 saturated heterocycles. The van der Waals surface area contributed by atoms with Gasteiger partial charge in [-0.05, 0) is 43.2 Å². The minimum Gasteiger partial charge on any atom is -0.340 e. The Morgan fingerprint density at radius 1 is 0.897 bits per heavy atom. The number of hydrogen-bond acceptors (Lipinski definition) is 4. The highest BCUT2D eigenvalue weighted by Gasteiger charge is 2.35. The van der Waals surface area contributed by atoms with E-state index in [1.54, 1.807) is 24.3 Å². The van der Waals surface area contributed by atoms with E-state index in [2.05, 4.69) is 19.9 Å². The number of halogens is 3. The third-order valence-electron chi connectivity index (χ3n) is 5.23. The Labute approximate surface area is 164 Å². The first-order valence-corrected chi connectivity index (χ1v) is 9.59. The van der Waals surface area contributed by atoms with Gasteiger partial charge in [0, 0.05) is 24.0 Å². The number of alkyl halides is 3. The lowest BCUT2D eigenvalue weighted by atomic mass is 10.2. The molecule has 0 radical (unpaired) electrons. The molecule has 0 aliphatic carbocycles. The molecule has 2 aromatic heterocycles. The highest BCUT2D eigenvalue weighted by atomic mass is 19.4. The second-order valence-electron chi connectivity index (χ2n) is 7.23. The SMILES string of the molecule is FC(F)(F)c1nc(Nc2ccc3c(c2)nc2n3CCCCC2)c2ccccc2n1. The first-order chi connectivity index (χ1) is 14.0. The van der Waals surface area contributed by atoms with Crippen molar-refractivity contribution in [2.24, 2.45) is 0 Å². The molecule has 8 heteroatoms. The lowest BCUT2D eigenvalue weighted by molar-refractivity contribution is -0.144. The van der Waals surface area contributed by atoms with E-state index in [0.29, 0.717) is 11.1 Å². The lowest BCUT2D eigenvalue weighted by Gasteiger charge is -2.12. The van der Waals surface area contributed by atoms with E-state index in [0.717, 1.165) is 42.7 Å². The number of rotatable bonds is 2. The van der Waals surface area contributed by atoms with Gasteiger partial charge in [-0.25, -0.2) is 15.0 Å². The first kappa shape index (κ1) is 17.9. The number of para-hydroxylation sites is 1. The van der Waals surface area contributed by atoms with Crippen molar-refractivity contribution in [3.63, 3.8) is 0 Å². The van der Waals surface area contributed by atoms with Crippen molar-refractivity contribution < 1.29 is 13.2 Å². The van der Waals surface area contributed by atoms with Gasteiger partial charge in [-0.2, -0.15) is 13.2 Å². The molecule has 0 atom stereocenters. The van der Waals surface area contributed by atoms with Crippen LogP contribution in [0.15, 0.2) is 42.5 Å². The molecule has 1 aliphatic rings. The molecule has 29 heavy (non-hydrogen) atoms. The molecule has 148 valence electrons. The maximum absolute atomic E-state index is 13.2. The van der Waals surface area contributed by atoms with E-state index in [1.807, 2.05) is 18.2 Å². The number of benzene rings is 2. The summed E-state index contributed by atoms with van der Waals surface area (Å²) < 4.78 is 42.0. The molecule has 1 N–H and O–H groups in total. The van der Waals surface area contributed by atoms with Gasteiger partial charge in [0.2, 0.25) is 5.82 Å². The normalized spacial score (nSPS) is 14.7. The quantitative estimate of drug-likeness (QED) is 0.487. The zero-order valence-electron chi connectivity index (χ0n) is 15.5. The number of aromatic nitrogens is 4. The van der Waals surface area contributed by atoms with Gasteiger partial charge in [-0.3, -0.25) is 0 Å². The second kappa shape index (κ2) is 6.72. The molecule has 0 bridgehead atoms. The Kier molecular flexibility index (Phi) is 4.15. The average molecular weight is 397 g/mol. The van der Waals surface area contributed by atoms with Gasteiger partial charge in [-0.1, -0.05) is 18.6 Å². The molecule has 3 heterocycles. The topological polar surface area (TPSA) is 55.6 Å². The Morgan fingerprint density at radius 3 is 2.62 bits per heavy atom. The van der Waals surface area contributed by atoms with Crippen LogP contribution in [0.1, 0.15) is 30.9 Å². The summed E-state index contributed by atoms with van der Waals surface area (Å²) in [5.74, 6) is 0.0398. The summed E-state index contributed by atoms with van der Waals surface area (Å²) in [6, 6.07) is 12.3. The van der Waals surface area contributed by atoms with Gasteiger partial charge in [0.25, 0.3) is 0 Å². The molecule has 5 rings (SSSR count). The smallest absolute Gasteiger partial charge is 0.340 e. The van der Waals surface area contributed by atoms with E-state index in [9.17, 15) is 13.2 Å². The third-order valence-corrected chi connectivity index (χ3v) is 5.23. The van der Waals surface area contributed by atoms with Crippen LogP contribution in [-0.4, -0.2) is 19.5 Å². The third kappa shape index (κ3) is 3.28. The van der Waals surface area contributed by atoms with Crippen molar-refractivity contribution in [3.05, 3.63) is 54.1 Å². The largest absolute Gasteiger partial charge is 0.451 e.